The minimum absolute atomic E-state index is 0.125. The van der Waals surface area contributed by atoms with Crippen molar-refractivity contribution in [2.45, 2.75) is 40.2 Å². The molecular weight excluding hydrogens is 380 g/mol. The Morgan fingerprint density at radius 1 is 1.10 bits per heavy atom. The van der Waals surface area contributed by atoms with Gasteiger partial charge in [-0.05, 0) is 54.7 Å². The number of anilines is 1. The molecule has 0 radical (unpaired) electrons. The molecule has 0 aliphatic heterocycles. The van der Waals surface area contributed by atoms with Crippen molar-refractivity contribution < 1.29 is 9.53 Å². The smallest absolute Gasteiger partial charge is 0.248 e. The van der Waals surface area contributed by atoms with Gasteiger partial charge in [0.15, 0.2) is 0 Å². The first-order valence-electron chi connectivity index (χ1n) is 9.82. The third-order valence-corrected chi connectivity index (χ3v) is 5.43. The fourth-order valence-electron chi connectivity index (χ4n) is 3.05. The van der Waals surface area contributed by atoms with Crippen LogP contribution in [0.3, 0.4) is 0 Å². The molecule has 1 N–H and O–H groups in total. The number of aryl methyl sites for hydroxylation is 3. The molecule has 2 aromatic carbocycles. The fraction of sp³-hybridized carbons (Fsp3) is 0.250. The molecule has 0 saturated carbocycles. The summed E-state index contributed by atoms with van der Waals surface area (Å²) < 4.78 is 5.76. The Morgan fingerprint density at radius 3 is 2.38 bits per heavy atom. The summed E-state index contributed by atoms with van der Waals surface area (Å²) in [5.74, 6) is 0.654. The van der Waals surface area contributed by atoms with Gasteiger partial charge in [-0.15, -0.1) is 11.3 Å². The van der Waals surface area contributed by atoms with Crippen LogP contribution in [0.5, 0.6) is 5.75 Å². The van der Waals surface area contributed by atoms with Gasteiger partial charge in [0.25, 0.3) is 0 Å². The number of hydrogen-bond donors (Lipinski definition) is 1. The molecule has 0 unspecified atom stereocenters. The van der Waals surface area contributed by atoms with E-state index >= 15 is 0 Å². The van der Waals surface area contributed by atoms with E-state index in [2.05, 4.69) is 36.3 Å². The largest absolute Gasteiger partial charge is 0.487 e. The summed E-state index contributed by atoms with van der Waals surface area (Å²) in [6.07, 6.45) is 5.15. The number of nitrogens with zero attached hydrogens (tertiary/aromatic N) is 1. The molecule has 4 nitrogen and oxygen atoms in total. The lowest BCUT2D eigenvalue weighted by Gasteiger charge is -2.13. The van der Waals surface area contributed by atoms with E-state index in [0.29, 0.717) is 6.61 Å². The Bertz CT molecular complexity index is 968. The van der Waals surface area contributed by atoms with Gasteiger partial charge in [-0.25, -0.2) is 4.98 Å². The number of ether oxygens (including phenoxy) is 1. The predicted octanol–water partition coefficient (Wildman–Crippen LogP) is 5.81. The summed E-state index contributed by atoms with van der Waals surface area (Å²) in [6.45, 7) is 6.63. The van der Waals surface area contributed by atoms with Crippen molar-refractivity contribution in [3.05, 3.63) is 81.3 Å². The molecule has 0 saturated heterocycles. The van der Waals surface area contributed by atoms with Gasteiger partial charge < -0.3 is 10.1 Å². The van der Waals surface area contributed by atoms with Crippen LogP contribution in [0, 0.1) is 6.92 Å². The molecule has 29 heavy (non-hydrogen) atoms. The first kappa shape index (κ1) is 20.8. The second-order valence-corrected chi connectivity index (χ2v) is 7.76. The van der Waals surface area contributed by atoms with Gasteiger partial charge in [-0.1, -0.05) is 44.2 Å². The minimum atomic E-state index is -0.125. The lowest BCUT2D eigenvalue weighted by atomic mass is 10.0. The van der Waals surface area contributed by atoms with E-state index < -0.39 is 0 Å². The number of para-hydroxylation sites is 1. The molecule has 1 aromatic heterocycles. The molecule has 0 aliphatic carbocycles. The molecule has 0 bridgehead atoms. The molecule has 5 heteroatoms. The van der Waals surface area contributed by atoms with Gasteiger partial charge in [0.1, 0.15) is 12.4 Å². The molecule has 0 spiro atoms. The lowest BCUT2D eigenvalue weighted by Crippen LogP contribution is -2.11. The average molecular weight is 407 g/mol. The summed E-state index contributed by atoms with van der Waals surface area (Å²) in [5, 5.41) is 6.09. The van der Waals surface area contributed by atoms with Gasteiger partial charge in [-0.2, -0.15) is 0 Å². The average Bonchev–Trinajstić information content (AvgIpc) is 3.16. The second kappa shape index (κ2) is 10.0. The van der Waals surface area contributed by atoms with Crippen molar-refractivity contribution in [3.63, 3.8) is 0 Å². The van der Waals surface area contributed by atoms with Crippen molar-refractivity contribution >= 4 is 29.0 Å². The third-order valence-electron chi connectivity index (χ3n) is 4.61. The summed E-state index contributed by atoms with van der Waals surface area (Å²) >= 11 is 1.62. The Morgan fingerprint density at radius 2 is 1.79 bits per heavy atom. The number of aromatic nitrogens is 1. The Labute approximate surface area is 176 Å². The van der Waals surface area contributed by atoms with Crippen molar-refractivity contribution in [3.8, 4) is 5.75 Å². The third kappa shape index (κ3) is 5.78. The molecule has 0 fully saturated rings. The van der Waals surface area contributed by atoms with E-state index in [1.807, 2.05) is 48.7 Å². The summed E-state index contributed by atoms with van der Waals surface area (Å²) in [4.78, 5) is 16.8. The van der Waals surface area contributed by atoms with E-state index in [1.54, 1.807) is 17.4 Å². The molecule has 3 aromatic rings. The summed E-state index contributed by atoms with van der Waals surface area (Å²) in [5.41, 5.74) is 5.13. The Balaban J connectivity index is 1.59. The highest BCUT2D eigenvalue weighted by Crippen LogP contribution is 2.23. The van der Waals surface area contributed by atoms with Crippen LogP contribution in [0.4, 0.5) is 5.69 Å². The zero-order chi connectivity index (χ0) is 20.6. The van der Waals surface area contributed by atoms with Crippen LogP contribution < -0.4 is 10.1 Å². The topological polar surface area (TPSA) is 51.2 Å². The van der Waals surface area contributed by atoms with E-state index in [0.717, 1.165) is 51.7 Å². The van der Waals surface area contributed by atoms with Crippen LogP contribution >= 0.6 is 11.3 Å². The number of thiazole rings is 1. The predicted molar refractivity (Wildman–Crippen MR) is 120 cm³/mol. The number of carbonyl (C=O) groups excluding carboxylic acids is 1. The zero-order valence-electron chi connectivity index (χ0n) is 17.1. The molecule has 3 rings (SSSR count). The number of benzene rings is 2. The number of carbonyl (C=O) groups is 1. The maximum atomic E-state index is 12.4. The molecule has 0 aliphatic rings. The van der Waals surface area contributed by atoms with Crippen molar-refractivity contribution in [2.75, 3.05) is 5.32 Å². The molecule has 1 heterocycles. The molecular formula is C24H26N2O2S. The highest BCUT2D eigenvalue weighted by Gasteiger charge is 2.08. The number of hydrogen-bond acceptors (Lipinski definition) is 4. The van der Waals surface area contributed by atoms with Gasteiger partial charge in [0, 0.05) is 17.1 Å². The molecule has 0 atom stereocenters. The van der Waals surface area contributed by atoms with Crippen LogP contribution in [0.25, 0.3) is 6.08 Å². The van der Waals surface area contributed by atoms with Gasteiger partial charge in [0.2, 0.25) is 5.91 Å². The Hall–Kier alpha value is -2.92. The number of amides is 1. The maximum Gasteiger partial charge on any atom is 0.248 e. The van der Waals surface area contributed by atoms with Crippen molar-refractivity contribution in [1.82, 2.24) is 4.98 Å². The van der Waals surface area contributed by atoms with Gasteiger partial charge in [0.05, 0.1) is 10.7 Å². The van der Waals surface area contributed by atoms with E-state index in [-0.39, 0.29) is 5.91 Å². The van der Waals surface area contributed by atoms with Crippen LogP contribution in [-0.2, 0) is 24.2 Å². The molecule has 150 valence electrons. The van der Waals surface area contributed by atoms with Gasteiger partial charge >= 0.3 is 0 Å². The standard InChI is InChI=1S/C24H26N2O2S/c1-4-19-7-6-8-20(5-2)24(19)26-23(27)14-11-18-9-12-22(13-10-18)28-15-21-16-29-17(3)25-21/h6-14,16H,4-5,15H2,1-3H3,(H,26,27)/b14-11+. The van der Waals surface area contributed by atoms with Gasteiger partial charge in [-0.3, -0.25) is 4.79 Å². The maximum absolute atomic E-state index is 12.4. The molecule has 1 amide bonds. The second-order valence-electron chi connectivity index (χ2n) is 6.70. The monoisotopic (exact) mass is 406 g/mol. The quantitative estimate of drug-likeness (QED) is 0.481. The van der Waals surface area contributed by atoms with Crippen molar-refractivity contribution in [2.24, 2.45) is 0 Å². The lowest BCUT2D eigenvalue weighted by molar-refractivity contribution is -0.111. The first-order valence-corrected chi connectivity index (χ1v) is 10.7. The van der Waals surface area contributed by atoms with Crippen LogP contribution in [0.2, 0.25) is 0 Å². The fourth-order valence-corrected chi connectivity index (χ4v) is 3.64. The highest BCUT2D eigenvalue weighted by molar-refractivity contribution is 7.09. The number of rotatable bonds is 8. The summed E-state index contributed by atoms with van der Waals surface area (Å²) in [6, 6.07) is 13.8. The SMILES string of the molecule is CCc1cccc(CC)c1NC(=O)/C=C/c1ccc(OCc2csc(C)n2)cc1. The van der Waals surface area contributed by atoms with Crippen LogP contribution in [0.15, 0.2) is 53.9 Å². The van der Waals surface area contributed by atoms with E-state index in [4.69, 9.17) is 4.74 Å². The first-order chi connectivity index (χ1) is 14.1. The van der Waals surface area contributed by atoms with E-state index in [1.165, 1.54) is 0 Å². The summed E-state index contributed by atoms with van der Waals surface area (Å²) in [7, 11) is 0. The Kier molecular flexibility index (Phi) is 7.19. The van der Waals surface area contributed by atoms with Crippen LogP contribution in [-0.4, -0.2) is 10.9 Å². The number of nitrogens with one attached hydrogen (secondary N) is 1. The van der Waals surface area contributed by atoms with Crippen molar-refractivity contribution in [1.29, 1.82) is 0 Å². The minimum Gasteiger partial charge on any atom is -0.487 e. The van der Waals surface area contributed by atoms with Crippen LogP contribution in [0.1, 0.15) is 41.2 Å². The normalized spacial score (nSPS) is 11.0. The van der Waals surface area contributed by atoms with E-state index in [9.17, 15) is 4.79 Å². The highest BCUT2D eigenvalue weighted by atomic mass is 32.1. The zero-order valence-corrected chi connectivity index (χ0v) is 17.9.